The minimum atomic E-state index is -1.67. The Balaban J connectivity index is 0. The van der Waals surface area contributed by atoms with E-state index in [1.165, 1.54) is 19.6 Å². The smallest absolute Gasteiger partial charge is 0.379 e. The number of rotatable bonds is 6. The molecule has 0 spiro atoms. The van der Waals surface area contributed by atoms with Crippen LogP contribution >= 0.6 is 0 Å². The van der Waals surface area contributed by atoms with E-state index in [9.17, 15) is 0 Å². The molecule has 88 valence electrons. The van der Waals surface area contributed by atoms with Crippen molar-refractivity contribution in [2.75, 3.05) is 41.0 Å². The van der Waals surface area contributed by atoms with Gasteiger partial charge < -0.3 is 18.2 Å². The summed E-state index contributed by atoms with van der Waals surface area (Å²) in [5, 5.41) is 0. The summed E-state index contributed by atoms with van der Waals surface area (Å²) in [6.07, 6.45) is 0. The highest BCUT2D eigenvalue weighted by molar-refractivity contribution is 6.36. The third kappa shape index (κ3) is 10.1. The van der Waals surface area contributed by atoms with E-state index in [4.69, 9.17) is 13.3 Å². The standard InChI is InChI=1S/C6H15N.C3H10O3Si/c2*1-4-7(5-2)6-3/h4-6H2,1-3H3;7H,1-3H3. The van der Waals surface area contributed by atoms with Crippen molar-refractivity contribution >= 4 is 9.53 Å². The molecule has 0 aliphatic carbocycles. The average molecular weight is 223 g/mol. The van der Waals surface area contributed by atoms with E-state index >= 15 is 0 Å². The van der Waals surface area contributed by atoms with E-state index in [-0.39, 0.29) is 0 Å². The van der Waals surface area contributed by atoms with E-state index in [1.54, 1.807) is 21.3 Å². The van der Waals surface area contributed by atoms with Gasteiger partial charge in [0.25, 0.3) is 0 Å². The lowest BCUT2D eigenvalue weighted by atomic mass is 10.5. The van der Waals surface area contributed by atoms with E-state index in [0.29, 0.717) is 0 Å². The second kappa shape index (κ2) is 13.1. The van der Waals surface area contributed by atoms with Crippen molar-refractivity contribution in [2.45, 2.75) is 20.8 Å². The van der Waals surface area contributed by atoms with Gasteiger partial charge in [0.2, 0.25) is 0 Å². The Morgan fingerprint density at radius 3 is 1.07 bits per heavy atom. The molecule has 0 bridgehead atoms. The van der Waals surface area contributed by atoms with Gasteiger partial charge in [-0.05, 0) is 19.6 Å². The molecule has 0 aliphatic rings. The SMILES string of the molecule is CCN(CC)CC.CO[SiH](OC)OC. The Labute approximate surface area is 90.1 Å². The summed E-state index contributed by atoms with van der Waals surface area (Å²) in [6.45, 7) is 10.1. The van der Waals surface area contributed by atoms with Crippen molar-refractivity contribution in [3.05, 3.63) is 0 Å². The molecule has 14 heavy (non-hydrogen) atoms. The van der Waals surface area contributed by atoms with Crippen LogP contribution in [0.15, 0.2) is 0 Å². The molecule has 0 radical (unpaired) electrons. The molecule has 0 unspecified atom stereocenters. The van der Waals surface area contributed by atoms with Crippen LogP contribution in [0.1, 0.15) is 20.8 Å². The molecular formula is C9H25NO3Si. The summed E-state index contributed by atoms with van der Waals surface area (Å²) < 4.78 is 14.2. The Morgan fingerprint density at radius 1 is 0.786 bits per heavy atom. The third-order valence-corrected chi connectivity index (χ3v) is 3.07. The minimum absolute atomic E-state index is 1.19. The highest BCUT2D eigenvalue weighted by Gasteiger charge is 2.04. The summed E-state index contributed by atoms with van der Waals surface area (Å²) >= 11 is 0. The van der Waals surface area contributed by atoms with Crippen LogP contribution in [0.4, 0.5) is 0 Å². The first kappa shape index (κ1) is 16.5. The second-order valence-electron chi connectivity index (χ2n) is 2.62. The maximum atomic E-state index is 4.74. The summed E-state index contributed by atoms with van der Waals surface area (Å²) in [6, 6.07) is 0. The second-order valence-corrected chi connectivity index (χ2v) is 4.61. The van der Waals surface area contributed by atoms with Crippen LogP contribution in [0, 0.1) is 0 Å². The molecule has 0 saturated heterocycles. The maximum absolute atomic E-state index is 4.74. The van der Waals surface area contributed by atoms with Gasteiger partial charge in [-0.1, -0.05) is 20.8 Å². The van der Waals surface area contributed by atoms with Crippen LogP contribution < -0.4 is 0 Å². The normalized spacial score (nSPS) is 10.3. The first-order valence-corrected chi connectivity index (χ1v) is 6.42. The summed E-state index contributed by atoms with van der Waals surface area (Å²) in [5.41, 5.74) is 0. The van der Waals surface area contributed by atoms with Gasteiger partial charge in [-0.15, -0.1) is 0 Å². The maximum Gasteiger partial charge on any atom is 0.483 e. The lowest BCUT2D eigenvalue weighted by Gasteiger charge is -2.13. The Hall–Kier alpha value is 0.0569. The van der Waals surface area contributed by atoms with Gasteiger partial charge in [0, 0.05) is 21.3 Å². The Morgan fingerprint density at radius 2 is 1.07 bits per heavy atom. The van der Waals surface area contributed by atoms with Crippen molar-refractivity contribution in [2.24, 2.45) is 0 Å². The van der Waals surface area contributed by atoms with Gasteiger partial charge in [0.05, 0.1) is 0 Å². The van der Waals surface area contributed by atoms with Crippen LogP contribution in [0.3, 0.4) is 0 Å². The molecule has 0 heterocycles. The van der Waals surface area contributed by atoms with E-state index in [0.717, 1.165) is 0 Å². The first-order chi connectivity index (χ1) is 6.69. The molecule has 0 aromatic rings. The fraction of sp³-hybridized carbons (Fsp3) is 1.00. The van der Waals surface area contributed by atoms with Crippen molar-refractivity contribution in [1.82, 2.24) is 4.90 Å². The minimum Gasteiger partial charge on any atom is -0.379 e. The Bertz CT molecular complexity index is 75.0. The lowest BCUT2D eigenvalue weighted by molar-refractivity contribution is 0.163. The summed E-state index contributed by atoms with van der Waals surface area (Å²) in [5.74, 6) is 0. The van der Waals surface area contributed by atoms with Gasteiger partial charge >= 0.3 is 9.53 Å². The van der Waals surface area contributed by atoms with Crippen LogP contribution in [-0.4, -0.2) is 55.4 Å². The quantitative estimate of drug-likeness (QED) is 0.628. The third-order valence-electron chi connectivity index (χ3n) is 1.92. The van der Waals surface area contributed by atoms with Crippen LogP contribution in [-0.2, 0) is 13.3 Å². The van der Waals surface area contributed by atoms with Gasteiger partial charge in [-0.25, -0.2) is 0 Å². The predicted molar refractivity (Wildman–Crippen MR) is 61.6 cm³/mol. The van der Waals surface area contributed by atoms with Crippen LogP contribution in [0.2, 0.25) is 0 Å². The summed E-state index contributed by atoms with van der Waals surface area (Å²) in [7, 11) is 3.05. The van der Waals surface area contributed by atoms with Crippen molar-refractivity contribution in [3.63, 3.8) is 0 Å². The van der Waals surface area contributed by atoms with Crippen LogP contribution in [0.25, 0.3) is 0 Å². The molecule has 0 aromatic heterocycles. The zero-order valence-electron chi connectivity index (χ0n) is 10.4. The van der Waals surface area contributed by atoms with Crippen molar-refractivity contribution in [3.8, 4) is 0 Å². The molecule has 0 aliphatic heterocycles. The number of nitrogens with zero attached hydrogens (tertiary/aromatic N) is 1. The molecule has 0 atom stereocenters. The molecule has 4 nitrogen and oxygen atoms in total. The molecule has 0 saturated carbocycles. The molecule has 0 amide bonds. The molecule has 0 rings (SSSR count). The van der Waals surface area contributed by atoms with Gasteiger partial charge in [0.1, 0.15) is 0 Å². The molecule has 0 aromatic carbocycles. The van der Waals surface area contributed by atoms with Crippen LogP contribution in [0.5, 0.6) is 0 Å². The van der Waals surface area contributed by atoms with Gasteiger partial charge in [0.15, 0.2) is 0 Å². The lowest BCUT2D eigenvalue weighted by Crippen LogP contribution is -2.21. The zero-order chi connectivity index (χ0) is 11.4. The number of hydrogen-bond acceptors (Lipinski definition) is 4. The van der Waals surface area contributed by atoms with Gasteiger partial charge in [-0.2, -0.15) is 0 Å². The topological polar surface area (TPSA) is 30.9 Å². The fourth-order valence-electron chi connectivity index (χ4n) is 0.959. The largest absolute Gasteiger partial charge is 0.483 e. The molecule has 5 heteroatoms. The highest BCUT2D eigenvalue weighted by Crippen LogP contribution is 1.82. The van der Waals surface area contributed by atoms with E-state index in [1.807, 2.05) is 0 Å². The zero-order valence-corrected chi connectivity index (χ0v) is 11.5. The molecule has 0 fully saturated rings. The monoisotopic (exact) mass is 223 g/mol. The highest BCUT2D eigenvalue weighted by atomic mass is 28.3. The van der Waals surface area contributed by atoms with Crippen molar-refractivity contribution in [1.29, 1.82) is 0 Å². The van der Waals surface area contributed by atoms with E-state index in [2.05, 4.69) is 25.7 Å². The average Bonchev–Trinajstić information content (AvgIpc) is 2.24. The fourth-order valence-corrected chi connectivity index (χ4v) is 1.54. The van der Waals surface area contributed by atoms with Gasteiger partial charge in [-0.3, -0.25) is 0 Å². The van der Waals surface area contributed by atoms with E-state index < -0.39 is 9.53 Å². The molecule has 0 N–H and O–H groups in total. The Kier molecular flexibility index (Phi) is 15.4. The first-order valence-electron chi connectivity index (χ1n) is 5.00. The molecular weight excluding hydrogens is 198 g/mol. The number of hydrogen-bond donors (Lipinski definition) is 0. The van der Waals surface area contributed by atoms with Crippen molar-refractivity contribution < 1.29 is 13.3 Å². The predicted octanol–water partition coefficient (Wildman–Crippen LogP) is 0.991. The summed E-state index contributed by atoms with van der Waals surface area (Å²) in [4.78, 5) is 2.38.